The van der Waals surface area contributed by atoms with Crippen LogP contribution in [-0.4, -0.2) is 13.2 Å². The number of ether oxygens (including phenoxy) is 1. The van der Waals surface area contributed by atoms with Crippen LogP contribution in [0.25, 0.3) is 0 Å². The van der Waals surface area contributed by atoms with Crippen molar-refractivity contribution in [1.29, 1.82) is 0 Å². The Hall–Kier alpha value is -1.80. The molecular formula is C17H21NO. The molecule has 0 aliphatic rings. The van der Waals surface area contributed by atoms with Crippen molar-refractivity contribution in [1.82, 2.24) is 5.32 Å². The lowest BCUT2D eigenvalue weighted by molar-refractivity contribution is 0.175. The number of hydrogen-bond acceptors (Lipinski definition) is 2. The summed E-state index contributed by atoms with van der Waals surface area (Å²) in [7, 11) is 1.96. The topological polar surface area (TPSA) is 21.3 Å². The molecule has 0 saturated heterocycles. The first-order chi connectivity index (χ1) is 9.20. The molecule has 0 radical (unpaired) electrons. The minimum absolute atomic E-state index is 0.0649. The van der Waals surface area contributed by atoms with Crippen molar-refractivity contribution in [2.24, 2.45) is 0 Å². The Balaban J connectivity index is 2.09. The van der Waals surface area contributed by atoms with Gasteiger partial charge in [0, 0.05) is 0 Å². The van der Waals surface area contributed by atoms with Gasteiger partial charge in [-0.2, -0.15) is 0 Å². The Kier molecular flexibility index (Phi) is 4.58. The molecule has 2 aromatic carbocycles. The molecule has 100 valence electrons. The molecule has 0 heterocycles. The van der Waals surface area contributed by atoms with Gasteiger partial charge in [0.15, 0.2) is 0 Å². The molecule has 0 aromatic heterocycles. The molecule has 2 heteroatoms. The van der Waals surface area contributed by atoms with E-state index in [2.05, 4.69) is 55.6 Å². The summed E-state index contributed by atoms with van der Waals surface area (Å²) < 4.78 is 6.01. The summed E-state index contributed by atoms with van der Waals surface area (Å²) in [6.45, 7) is 4.17. The molecule has 1 N–H and O–H groups in total. The van der Waals surface area contributed by atoms with Crippen LogP contribution in [0.4, 0.5) is 0 Å². The normalized spacial score (nSPS) is 13.8. The Morgan fingerprint density at radius 1 is 0.947 bits per heavy atom. The molecule has 19 heavy (non-hydrogen) atoms. The van der Waals surface area contributed by atoms with E-state index < -0.39 is 0 Å². The van der Waals surface area contributed by atoms with Gasteiger partial charge in [0.2, 0.25) is 0 Å². The van der Waals surface area contributed by atoms with Crippen molar-refractivity contribution in [2.45, 2.75) is 26.0 Å². The lowest BCUT2D eigenvalue weighted by Crippen LogP contribution is -2.31. The van der Waals surface area contributed by atoms with Crippen molar-refractivity contribution in [3.05, 3.63) is 65.7 Å². The zero-order valence-electron chi connectivity index (χ0n) is 11.8. The number of aryl methyl sites for hydroxylation is 1. The summed E-state index contributed by atoms with van der Waals surface area (Å²) in [6, 6.07) is 18.7. The minimum Gasteiger partial charge on any atom is -0.489 e. The maximum atomic E-state index is 6.01. The van der Waals surface area contributed by atoms with Crippen LogP contribution in [0.2, 0.25) is 0 Å². The molecule has 2 atom stereocenters. The summed E-state index contributed by atoms with van der Waals surface area (Å²) in [4.78, 5) is 0. The van der Waals surface area contributed by atoms with Gasteiger partial charge >= 0.3 is 0 Å². The first kappa shape index (κ1) is 13.6. The van der Waals surface area contributed by atoms with Gasteiger partial charge in [0.1, 0.15) is 11.9 Å². The van der Waals surface area contributed by atoms with Gasteiger partial charge in [-0.25, -0.2) is 0 Å². The van der Waals surface area contributed by atoms with E-state index >= 15 is 0 Å². The van der Waals surface area contributed by atoms with Crippen molar-refractivity contribution < 1.29 is 4.74 Å². The van der Waals surface area contributed by atoms with Crippen molar-refractivity contribution in [2.75, 3.05) is 7.05 Å². The Bertz CT molecular complexity index is 492. The second kappa shape index (κ2) is 6.39. The highest BCUT2D eigenvalue weighted by molar-refractivity contribution is 5.27. The van der Waals surface area contributed by atoms with Crippen LogP contribution >= 0.6 is 0 Å². The van der Waals surface area contributed by atoms with Gasteiger partial charge in [0.25, 0.3) is 0 Å². The van der Waals surface area contributed by atoms with E-state index in [0.29, 0.717) is 0 Å². The van der Waals surface area contributed by atoms with E-state index in [9.17, 15) is 0 Å². The van der Waals surface area contributed by atoms with Crippen LogP contribution < -0.4 is 10.1 Å². The van der Waals surface area contributed by atoms with Crippen LogP contribution in [0.5, 0.6) is 5.75 Å². The van der Waals surface area contributed by atoms with E-state index in [1.54, 1.807) is 0 Å². The molecule has 0 spiro atoms. The molecular weight excluding hydrogens is 234 g/mol. The average Bonchev–Trinajstić information content (AvgIpc) is 2.43. The third kappa shape index (κ3) is 3.58. The average molecular weight is 255 g/mol. The predicted molar refractivity (Wildman–Crippen MR) is 79.5 cm³/mol. The highest BCUT2D eigenvalue weighted by atomic mass is 16.5. The minimum atomic E-state index is 0.0649. The second-order valence-corrected chi connectivity index (χ2v) is 4.81. The standard InChI is InChI=1S/C17H21NO/c1-13-9-11-16(12-10-13)19-14(2)17(18-3)15-7-5-4-6-8-15/h4-12,14,17-18H,1-3H3. The molecule has 2 nitrogen and oxygen atoms in total. The molecule has 2 unspecified atom stereocenters. The summed E-state index contributed by atoms with van der Waals surface area (Å²) >= 11 is 0. The maximum absolute atomic E-state index is 6.01. The maximum Gasteiger partial charge on any atom is 0.119 e. The smallest absolute Gasteiger partial charge is 0.119 e. The fourth-order valence-electron chi connectivity index (χ4n) is 2.23. The van der Waals surface area contributed by atoms with E-state index in [0.717, 1.165) is 5.75 Å². The molecule has 0 aliphatic carbocycles. The molecule has 2 rings (SSSR count). The third-order valence-electron chi connectivity index (χ3n) is 3.28. The fraction of sp³-hybridized carbons (Fsp3) is 0.294. The Morgan fingerprint density at radius 2 is 1.58 bits per heavy atom. The first-order valence-corrected chi connectivity index (χ1v) is 6.66. The summed E-state index contributed by atoms with van der Waals surface area (Å²) in [6.07, 6.45) is 0.0649. The number of benzene rings is 2. The fourth-order valence-corrected chi connectivity index (χ4v) is 2.23. The number of rotatable bonds is 5. The monoisotopic (exact) mass is 255 g/mol. The van der Waals surface area contributed by atoms with Crippen LogP contribution in [0.1, 0.15) is 24.1 Å². The van der Waals surface area contributed by atoms with Gasteiger partial charge in [-0.05, 0) is 38.6 Å². The van der Waals surface area contributed by atoms with Crippen molar-refractivity contribution >= 4 is 0 Å². The van der Waals surface area contributed by atoms with Crippen LogP contribution in [0.15, 0.2) is 54.6 Å². The third-order valence-corrected chi connectivity index (χ3v) is 3.28. The molecule has 0 saturated carbocycles. The van der Waals surface area contributed by atoms with E-state index in [1.807, 2.05) is 25.2 Å². The van der Waals surface area contributed by atoms with Crippen LogP contribution in [-0.2, 0) is 0 Å². The van der Waals surface area contributed by atoms with Gasteiger partial charge in [-0.15, -0.1) is 0 Å². The van der Waals surface area contributed by atoms with E-state index in [-0.39, 0.29) is 12.1 Å². The Labute approximate surface area is 115 Å². The molecule has 0 amide bonds. The molecule has 2 aromatic rings. The van der Waals surface area contributed by atoms with Crippen molar-refractivity contribution in [3.63, 3.8) is 0 Å². The van der Waals surface area contributed by atoms with Gasteiger partial charge < -0.3 is 10.1 Å². The van der Waals surface area contributed by atoms with Gasteiger partial charge in [0.05, 0.1) is 6.04 Å². The van der Waals surface area contributed by atoms with E-state index in [1.165, 1.54) is 11.1 Å². The zero-order valence-corrected chi connectivity index (χ0v) is 11.8. The number of nitrogens with one attached hydrogen (secondary N) is 1. The zero-order chi connectivity index (χ0) is 13.7. The quantitative estimate of drug-likeness (QED) is 0.879. The molecule has 0 aliphatic heterocycles. The highest BCUT2D eigenvalue weighted by Crippen LogP contribution is 2.21. The van der Waals surface area contributed by atoms with Gasteiger partial charge in [-0.1, -0.05) is 48.0 Å². The largest absolute Gasteiger partial charge is 0.489 e. The van der Waals surface area contributed by atoms with Crippen molar-refractivity contribution in [3.8, 4) is 5.75 Å². The lowest BCUT2D eigenvalue weighted by Gasteiger charge is -2.25. The molecule has 0 fully saturated rings. The number of hydrogen-bond donors (Lipinski definition) is 1. The van der Waals surface area contributed by atoms with Crippen LogP contribution in [0, 0.1) is 6.92 Å². The second-order valence-electron chi connectivity index (χ2n) is 4.81. The summed E-state index contributed by atoms with van der Waals surface area (Å²) in [5.74, 6) is 0.911. The van der Waals surface area contributed by atoms with Gasteiger partial charge in [-0.3, -0.25) is 0 Å². The first-order valence-electron chi connectivity index (χ1n) is 6.66. The lowest BCUT2D eigenvalue weighted by atomic mass is 10.0. The summed E-state index contributed by atoms with van der Waals surface area (Å²) in [5.41, 5.74) is 2.48. The molecule has 0 bridgehead atoms. The number of likely N-dealkylation sites (N-methyl/N-ethyl adjacent to an activating group) is 1. The predicted octanol–water partition coefficient (Wildman–Crippen LogP) is 3.72. The SMILES string of the molecule is CNC(c1ccccc1)C(C)Oc1ccc(C)cc1. The Morgan fingerprint density at radius 3 is 2.16 bits per heavy atom. The summed E-state index contributed by atoms with van der Waals surface area (Å²) in [5, 5.41) is 3.32. The van der Waals surface area contributed by atoms with Crippen LogP contribution in [0.3, 0.4) is 0 Å². The van der Waals surface area contributed by atoms with E-state index in [4.69, 9.17) is 4.74 Å². The highest BCUT2D eigenvalue weighted by Gasteiger charge is 2.18.